The van der Waals surface area contributed by atoms with Crippen LogP contribution in [0.1, 0.15) is 0 Å². The fourth-order valence-corrected chi connectivity index (χ4v) is 0.274. The van der Waals surface area contributed by atoms with Crippen LogP contribution < -0.4 is 0 Å². The summed E-state index contributed by atoms with van der Waals surface area (Å²) >= 11 is 5.60. The second kappa shape index (κ2) is 4.17. The molecule has 6 heavy (non-hydrogen) atoms. The number of rotatable bonds is 2. The molecule has 0 spiro atoms. The first kappa shape index (κ1) is 7.00. The van der Waals surface area contributed by atoms with E-state index in [-0.39, 0.29) is 6.61 Å². The van der Waals surface area contributed by atoms with Crippen molar-refractivity contribution in [2.75, 3.05) is 6.61 Å². The van der Waals surface area contributed by atoms with Gasteiger partial charge in [-0.15, -0.1) is 0 Å². The minimum atomic E-state index is 0.243. The van der Waals surface area contributed by atoms with Crippen LogP contribution in [0.4, 0.5) is 0 Å². The average molecular weight is 216 g/mol. The van der Waals surface area contributed by atoms with Crippen molar-refractivity contribution in [3.63, 3.8) is 0 Å². The van der Waals surface area contributed by atoms with Crippen molar-refractivity contribution >= 4 is 32.0 Å². The molecule has 36 valence electrons. The molecule has 0 rings (SSSR count). The van der Waals surface area contributed by atoms with E-state index in [2.05, 4.69) is 32.0 Å². The van der Waals surface area contributed by atoms with Gasteiger partial charge in [-0.3, -0.25) is 0 Å². The van der Waals surface area contributed by atoms with E-state index in [1.54, 1.807) is 0 Å². The van der Waals surface area contributed by atoms with Crippen LogP contribution in [0.15, 0.2) is 0 Å². The summed E-state index contributed by atoms with van der Waals surface area (Å²) in [4.78, 5) is 0.310. The molecular weight excluding hydrogens is 210 g/mol. The van der Waals surface area contributed by atoms with Crippen LogP contribution in [-0.4, -0.2) is 43.7 Å². The summed E-state index contributed by atoms with van der Waals surface area (Å²) in [6.45, 7) is 0.243. The van der Waals surface area contributed by atoms with Gasteiger partial charge in [-0.25, -0.2) is 0 Å². The first-order valence-electron chi connectivity index (χ1n) is 1.66. The SMILES string of the molecule is OCC([Se])C[Se]. The molecule has 0 bridgehead atoms. The molecule has 1 nitrogen and oxygen atoms in total. The quantitative estimate of drug-likeness (QED) is 0.618. The van der Waals surface area contributed by atoms with E-state index in [4.69, 9.17) is 5.11 Å². The zero-order valence-electron chi connectivity index (χ0n) is 3.26. The maximum absolute atomic E-state index is 8.28. The molecule has 3 heteroatoms. The Morgan fingerprint density at radius 3 is 2.17 bits per heavy atom. The standard InChI is InChI=1S/C3H6OSe2/c4-1-3(6)2-5/h3-4H,1-2H2. The van der Waals surface area contributed by atoms with Gasteiger partial charge in [-0.2, -0.15) is 0 Å². The van der Waals surface area contributed by atoms with Crippen molar-refractivity contribution in [1.82, 2.24) is 0 Å². The Labute approximate surface area is 54.1 Å². The summed E-state index contributed by atoms with van der Waals surface area (Å²) in [5.41, 5.74) is 0. The van der Waals surface area contributed by atoms with Gasteiger partial charge in [0.25, 0.3) is 0 Å². The van der Waals surface area contributed by atoms with Gasteiger partial charge in [0.1, 0.15) is 0 Å². The first-order valence-corrected chi connectivity index (χ1v) is 3.86. The van der Waals surface area contributed by atoms with E-state index < -0.39 is 0 Å². The summed E-state index contributed by atoms with van der Waals surface area (Å²) in [7, 11) is 0. The Morgan fingerprint density at radius 2 is 2.17 bits per heavy atom. The van der Waals surface area contributed by atoms with E-state index in [0.717, 1.165) is 5.32 Å². The molecule has 1 unspecified atom stereocenters. The normalized spacial score (nSPS) is 14.5. The Morgan fingerprint density at radius 1 is 1.67 bits per heavy atom. The van der Waals surface area contributed by atoms with Crippen LogP contribution in [0.2, 0.25) is 10.1 Å². The monoisotopic (exact) mass is 218 g/mol. The summed E-state index contributed by atoms with van der Waals surface area (Å²) in [6, 6.07) is 0. The van der Waals surface area contributed by atoms with Crippen molar-refractivity contribution in [3.8, 4) is 0 Å². The second-order valence-corrected chi connectivity index (χ2v) is 3.07. The number of hydrogen-bond acceptors (Lipinski definition) is 1. The first-order chi connectivity index (χ1) is 2.81. The summed E-state index contributed by atoms with van der Waals surface area (Å²) in [5.74, 6) is 0. The fourth-order valence-electron chi connectivity index (χ4n) is 0.0527. The number of hydrogen-bond donors (Lipinski definition) is 1. The molecule has 0 amide bonds. The van der Waals surface area contributed by atoms with Gasteiger partial charge >= 0.3 is 53.9 Å². The summed E-state index contributed by atoms with van der Waals surface area (Å²) in [6.07, 6.45) is 0. The molecule has 0 heterocycles. The molecule has 1 N–H and O–H groups in total. The van der Waals surface area contributed by atoms with Crippen LogP contribution in [0, 0.1) is 0 Å². The predicted molar refractivity (Wildman–Crippen MR) is 27.2 cm³/mol. The average Bonchev–Trinajstić information content (AvgIpc) is 1.65. The summed E-state index contributed by atoms with van der Waals surface area (Å²) in [5, 5.41) is 9.18. The maximum atomic E-state index is 8.28. The molecule has 1 atom stereocenters. The van der Waals surface area contributed by atoms with E-state index in [0.29, 0.717) is 4.82 Å². The van der Waals surface area contributed by atoms with E-state index in [9.17, 15) is 0 Å². The van der Waals surface area contributed by atoms with E-state index in [1.807, 2.05) is 0 Å². The third kappa shape index (κ3) is 3.20. The molecule has 0 aromatic carbocycles. The predicted octanol–water partition coefficient (Wildman–Crippen LogP) is -0.478. The topological polar surface area (TPSA) is 20.2 Å². The molecule has 2 radical (unpaired) electrons. The molecule has 0 aliphatic heterocycles. The van der Waals surface area contributed by atoms with E-state index in [1.165, 1.54) is 0 Å². The van der Waals surface area contributed by atoms with Crippen molar-refractivity contribution < 1.29 is 5.11 Å². The number of aliphatic hydroxyl groups is 1. The Balaban J connectivity index is 2.75. The molecule has 0 aliphatic carbocycles. The van der Waals surface area contributed by atoms with E-state index >= 15 is 0 Å². The van der Waals surface area contributed by atoms with Crippen LogP contribution in [0.5, 0.6) is 0 Å². The molecule has 0 saturated carbocycles. The second-order valence-electron chi connectivity index (χ2n) is 0.971. The van der Waals surface area contributed by atoms with Crippen LogP contribution in [0.3, 0.4) is 0 Å². The molecular formula is C3H6OSe2. The Kier molecular flexibility index (Phi) is 4.86. The number of aliphatic hydroxyl groups excluding tert-OH is 1. The van der Waals surface area contributed by atoms with Gasteiger partial charge < -0.3 is 0 Å². The third-order valence-electron chi connectivity index (χ3n) is 0.390. The third-order valence-corrected chi connectivity index (χ3v) is 2.97. The molecule has 0 saturated heterocycles. The molecule has 0 aliphatic rings. The van der Waals surface area contributed by atoms with Gasteiger partial charge in [-0.05, 0) is 0 Å². The van der Waals surface area contributed by atoms with Gasteiger partial charge in [0.2, 0.25) is 0 Å². The molecule has 0 aromatic heterocycles. The van der Waals surface area contributed by atoms with Crippen molar-refractivity contribution in [1.29, 1.82) is 0 Å². The molecule has 0 aromatic rings. The Bertz CT molecular complexity index is 28.0. The van der Waals surface area contributed by atoms with Gasteiger partial charge in [0.15, 0.2) is 0 Å². The van der Waals surface area contributed by atoms with Gasteiger partial charge in [0, 0.05) is 0 Å². The van der Waals surface area contributed by atoms with Crippen LogP contribution >= 0.6 is 0 Å². The zero-order valence-corrected chi connectivity index (χ0v) is 6.68. The van der Waals surface area contributed by atoms with Gasteiger partial charge in [-0.1, -0.05) is 0 Å². The zero-order chi connectivity index (χ0) is 4.99. The van der Waals surface area contributed by atoms with Crippen LogP contribution in [0.25, 0.3) is 0 Å². The molecule has 0 fully saturated rings. The summed E-state index contributed by atoms with van der Waals surface area (Å²) < 4.78 is 0. The van der Waals surface area contributed by atoms with Crippen LogP contribution in [-0.2, 0) is 0 Å². The minimum absolute atomic E-state index is 0.243. The van der Waals surface area contributed by atoms with Crippen molar-refractivity contribution in [3.05, 3.63) is 0 Å². The van der Waals surface area contributed by atoms with Crippen molar-refractivity contribution in [2.24, 2.45) is 0 Å². The van der Waals surface area contributed by atoms with Gasteiger partial charge in [0.05, 0.1) is 0 Å². The Hall–Kier alpha value is 0.999. The van der Waals surface area contributed by atoms with Crippen molar-refractivity contribution in [2.45, 2.75) is 10.1 Å². The fraction of sp³-hybridized carbons (Fsp3) is 1.00.